The second kappa shape index (κ2) is 10.7. The Kier molecular flexibility index (Phi) is 8.04. The van der Waals surface area contributed by atoms with Gasteiger partial charge in [0.25, 0.3) is 0 Å². The van der Waals surface area contributed by atoms with Crippen molar-refractivity contribution in [2.75, 3.05) is 35.0 Å². The van der Waals surface area contributed by atoms with Crippen LogP contribution in [-0.2, 0) is 14.3 Å². The van der Waals surface area contributed by atoms with Crippen LogP contribution in [0.25, 0.3) is 0 Å². The monoisotopic (exact) mass is 433 g/mol. The summed E-state index contributed by atoms with van der Waals surface area (Å²) in [6.07, 6.45) is 7.85. The van der Waals surface area contributed by atoms with Crippen LogP contribution in [0.3, 0.4) is 0 Å². The van der Waals surface area contributed by atoms with Crippen LogP contribution in [-0.4, -0.2) is 57.8 Å². The predicted molar refractivity (Wildman–Crippen MR) is 117 cm³/mol. The number of hydrogen-bond donors (Lipinski definition) is 0. The van der Waals surface area contributed by atoms with Crippen molar-refractivity contribution in [3.8, 4) is 17.2 Å². The highest BCUT2D eigenvalue weighted by Crippen LogP contribution is 2.45. The van der Waals surface area contributed by atoms with E-state index in [0.717, 1.165) is 44.1 Å². The molecule has 1 aromatic carbocycles. The van der Waals surface area contributed by atoms with Crippen molar-refractivity contribution in [2.24, 2.45) is 5.92 Å². The van der Waals surface area contributed by atoms with E-state index in [-0.39, 0.29) is 23.7 Å². The molecule has 2 aliphatic rings. The molecule has 7 nitrogen and oxygen atoms in total. The van der Waals surface area contributed by atoms with Gasteiger partial charge in [-0.3, -0.25) is 4.79 Å². The van der Waals surface area contributed by atoms with Crippen LogP contribution in [0, 0.1) is 5.92 Å². The Labute approximate surface area is 185 Å². The third-order valence-electron chi connectivity index (χ3n) is 6.69. The van der Waals surface area contributed by atoms with E-state index in [2.05, 4.69) is 0 Å². The maximum atomic E-state index is 14.0. The maximum absolute atomic E-state index is 14.0. The zero-order chi connectivity index (χ0) is 22.4. The van der Waals surface area contributed by atoms with Gasteiger partial charge in [0.05, 0.1) is 34.4 Å². The predicted octanol–water partition coefficient (Wildman–Crippen LogP) is 3.93. The lowest BCUT2D eigenvalue weighted by atomic mass is 9.75. The summed E-state index contributed by atoms with van der Waals surface area (Å²) in [6.45, 7) is 0.576. The zero-order valence-corrected chi connectivity index (χ0v) is 19.1. The van der Waals surface area contributed by atoms with Gasteiger partial charge in [-0.25, -0.2) is 4.79 Å². The summed E-state index contributed by atoms with van der Waals surface area (Å²) in [4.78, 5) is 28.2. The Morgan fingerprint density at radius 1 is 0.871 bits per heavy atom. The van der Waals surface area contributed by atoms with E-state index in [1.54, 1.807) is 26.2 Å². The fourth-order valence-corrected chi connectivity index (χ4v) is 5.12. The molecule has 2 fully saturated rings. The van der Waals surface area contributed by atoms with E-state index in [1.165, 1.54) is 13.5 Å². The number of amides is 1. The van der Waals surface area contributed by atoms with Crippen LogP contribution in [0.2, 0.25) is 0 Å². The Balaban J connectivity index is 2.04. The van der Waals surface area contributed by atoms with Crippen molar-refractivity contribution in [1.29, 1.82) is 0 Å². The molecule has 0 unspecified atom stereocenters. The number of ether oxygens (including phenoxy) is 4. The summed E-state index contributed by atoms with van der Waals surface area (Å²) in [5, 5.41) is 0. The standard InChI is InChI=1S/C24H35NO6/c1-28-19-14-17(15-20(29-2)22(19)30-3)21(16-10-6-5-7-11-16)23(26)25-13-9-8-12-18(25)24(27)31-4/h14-16,18,21H,5-13H2,1-4H3/t18-,21-/m0/s1. The van der Waals surface area contributed by atoms with Gasteiger partial charge < -0.3 is 23.8 Å². The van der Waals surface area contributed by atoms with Gasteiger partial charge in [0.1, 0.15) is 6.04 Å². The number of hydrogen-bond acceptors (Lipinski definition) is 6. The molecule has 0 N–H and O–H groups in total. The zero-order valence-electron chi connectivity index (χ0n) is 19.1. The third-order valence-corrected chi connectivity index (χ3v) is 6.69. The van der Waals surface area contributed by atoms with Crippen molar-refractivity contribution >= 4 is 11.9 Å². The van der Waals surface area contributed by atoms with Gasteiger partial charge in [-0.1, -0.05) is 19.3 Å². The van der Waals surface area contributed by atoms with E-state index in [0.29, 0.717) is 30.2 Å². The summed E-state index contributed by atoms with van der Waals surface area (Å²) in [5.74, 6) is 1.09. The van der Waals surface area contributed by atoms with Gasteiger partial charge >= 0.3 is 5.97 Å². The lowest BCUT2D eigenvalue weighted by Gasteiger charge is -2.39. The quantitative estimate of drug-likeness (QED) is 0.607. The largest absolute Gasteiger partial charge is 0.493 e. The Bertz CT molecular complexity index is 748. The van der Waals surface area contributed by atoms with Gasteiger partial charge in [-0.2, -0.15) is 0 Å². The van der Waals surface area contributed by atoms with Crippen molar-refractivity contribution in [1.82, 2.24) is 4.90 Å². The van der Waals surface area contributed by atoms with Crippen LogP contribution in [0.4, 0.5) is 0 Å². The highest BCUT2D eigenvalue weighted by Gasteiger charge is 2.40. The lowest BCUT2D eigenvalue weighted by molar-refractivity contribution is -0.155. The van der Waals surface area contributed by atoms with Crippen LogP contribution < -0.4 is 14.2 Å². The molecule has 1 heterocycles. The minimum atomic E-state index is -0.514. The van der Waals surface area contributed by atoms with Gasteiger partial charge in [0.2, 0.25) is 11.7 Å². The molecular formula is C24H35NO6. The molecule has 0 radical (unpaired) electrons. The maximum Gasteiger partial charge on any atom is 0.328 e. The summed E-state index contributed by atoms with van der Waals surface area (Å²) in [7, 11) is 6.11. The molecule has 0 aromatic heterocycles. The highest BCUT2D eigenvalue weighted by atomic mass is 16.5. The number of likely N-dealkylation sites (tertiary alicyclic amines) is 1. The van der Waals surface area contributed by atoms with E-state index in [1.807, 2.05) is 12.1 Å². The topological polar surface area (TPSA) is 74.3 Å². The number of carbonyl (C=O) groups excluding carboxylic acids is 2. The van der Waals surface area contributed by atoms with Crippen molar-refractivity contribution < 1.29 is 28.5 Å². The fraction of sp³-hybridized carbons (Fsp3) is 0.667. The summed E-state index contributed by atoms with van der Waals surface area (Å²) >= 11 is 0. The molecule has 2 atom stereocenters. The first-order valence-corrected chi connectivity index (χ1v) is 11.2. The number of rotatable bonds is 7. The number of esters is 1. The van der Waals surface area contributed by atoms with Crippen molar-refractivity contribution in [2.45, 2.75) is 63.3 Å². The van der Waals surface area contributed by atoms with E-state index in [4.69, 9.17) is 18.9 Å². The number of benzene rings is 1. The number of methoxy groups -OCH3 is 4. The molecule has 172 valence electrons. The van der Waals surface area contributed by atoms with Crippen LogP contribution in [0.5, 0.6) is 17.2 Å². The van der Waals surface area contributed by atoms with Crippen molar-refractivity contribution in [3.05, 3.63) is 17.7 Å². The molecule has 1 saturated carbocycles. The minimum Gasteiger partial charge on any atom is -0.493 e. The molecule has 1 amide bonds. The molecule has 31 heavy (non-hydrogen) atoms. The first-order chi connectivity index (χ1) is 15.0. The number of carbonyl (C=O) groups is 2. The van der Waals surface area contributed by atoms with E-state index < -0.39 is 6.04 Å². The summed E-state index contributed by atoms with van der Waals surface area (Å²) in [6, 6.07) is 3.25. The molecule has 7 heteroatoms. The summed E-state index contributed by atoms with van der Waals surface area (Å²) < 4.78 is 21.6. The Hall–Kier alpha value is -2.44. The molecule has 1 aliphatic carbocycles. The van der Waals surface area contributed by atoms with E-state index >= 15 is 0 Å². The Morgan fingerprint density at radius 3 is 2.03 bits per heavy atom. The second-order valence-electron chi connectivity index (χ2n) is 8.40. The van der Waals surface area contributed by atoms with Gasteiger partial charge in [-0.15, -0.1) is 0 Å². The molecule has 3 rings (SSSR count). The normalized spacial score (nSPS) is 20.6. The smallest absolute Gasteiger partial charge is 0.328 e. The fourth-order valence-electron chi connectivity index (χ4n) is 5.12. The third kappa shape index (κ3) is 4.91. The number of piperidine rings is 1. The van der Waals surface area contributed by atoms with Gasteiger partial charge in [0.15, 0.2) is 11.5 Å². The molecule has 0 bridgehead atoms. The van der Waals surface area contributed by atoms with Crippen molar-refractivity contribution in [3.63, 3.8) is 0 Å². The number of nitrogens with zero attached hydrogens (tertiary/aromatic N) is 1. The van der Waals surface area contributed by atoms with Gasteiger partial charge in [-0.05, 0) is 55.7 Å². The first kappa shape index (κ1) is 23.2. The van der Waals surface area contributed by atoms with E-state index in [9.17, 15) is 9.59 Å². The Morgan fingerprint density at radius 2 is 1.48 bits per heavy atom. The lowest BCUT2D eigenvalue weighted by Crippen LogP contribution is -2.51. The molecule has 1 aromatic rings. The SMILES string of the molecule is COC(=O)[C@@H]1CCCCN1C(=O)[C@H](c1cc(OC)c(OC)c(OC)c1)C1CCCCC1. The highest BCUT2D eigenvalue weighted by molar-refractivity contribution is 5.89. The van der Waals surface area contributed by atoms with Crippen LogP contribution >= 0.6 is 0 Å². The molecular weight excluding hydrogens is 398 g/mol. The minimum absolute atomic E-state index is 0.00345. The van der Waals surface area contributed by atoms with Crippen LogP contribution in [0.1, 0.15) is 62.8 Å². The molecule has 1 saturated heterocycles. The van der Waals surface area contributed by atoms with Crippen LogP contribution in [0.15, 0.2) is 12.1 Å². The summed E-state index contributed by atoms with van der Waals surface area (Å²) in [5.41, 5.74) is 0.848. The van der Waals surface area contributed by atoms with Gasteiger partial charge in [0, 0.05) is 6.54 Å². The molecule has 0 spiro atoms. The molecule has 1 aliphatic heterocycles. The first-order valence-electron chi connectivity index (χ1n) is 11.2. The average molecular weight is 434 g/mol. The second-order valence-corrected chi connectivity index (χ2v) is 8.40. The average Bonchev–Trinajstić information content (AvgIpc) is 2.83.